The molecular weight excluding hydrogens is 484 g/mol. The van der Waals surface area contributed by atoms with Gasteiger partial charge in [-0.2, -0.15) is 0 Å². The number of carbonyl (C=O) groups excluding carboxylic acids is 1. The van der Waals surface area contributed by atoms with Gasteiger partial charge in [-0.1, -0.05) is 12.1 Å². The van der Waals surface area contributed by atoms with Crippen LogP contribution in [0.1, 0.15) is 11.1 Å². The van der Waals surface area contributed by atoms with Gasteiger partial charge in [0.15, 0.2) is 28.8 Å². The summed E-state index contributed by atoms with van der Waals surface area (Å²) >= 11 is 0. The first-order chi connectivity index (χ1) is 16.4. The molecule has 0 amide bonds. The smallest absolute Gasteiger partial charge is 0.493 e. The maximum Gasteiger partial charge on any atom is 0.573 e. The normalized spacial score (nSPS) is 17.0. The highest BCUT2D eigenvalue weighted by molar-refractivity contribution is 6.14. The second-order valence-electron chi connectivity index (χ2n) is 7.19. The van der Waals surface area contributed by atoms with Gasteiger partial charge in [-0.15, -0.1) is 26.3 Å². The van der Waals surface area contributed by atoms with E-state index in [-0.39, 0.29) is 46.9 Å². The van der Waals surface area contributed by atoms with Crippen LogP contribution in [0.5, 0.6) is 23.0 Å². The minimum Gasteiger partial charge on any atom is -0.493 e. The van der Waals surface area contributed by atoms with E-state index in [2.05, 4.69) is 14.8 Å². The highest BCUT2D eigenvalue weighted by Gasteiger charge is 2.33. The van der Waals surface area contributed by atoms with Crippen LogP contribution in [0.2, 0.25) is 0 Å². The fourth-order valence-corrected chi connectivity index (χ4v) is 3.31. The van der Waals surface area contributed by atoms with Crippen molar-refractivity contribution in [2.75, 3.05) is 27.3 Å². The van der Waals surface area contributed by atoms with Gasteiger partial charge in [0.05, 0.1) is 14.2 Å². The molecule has 0 aliphatic carbocycles. The Kier molecular flexibility index (Phi) is 7.64. The summed E-state index contributed by atoms with van der Waals surface area (Å²) in [4.78, 5) is 13.0. The van der Waals surface area contributed by atoms with Gasteiger partial charge in [-0.05, 0) is 47.5 Å². The Bertz CT molecular complexity index is 1070. The van der Waals surface area contributed by atoms with Crippen molar-refractivity contribution < 1.29 is 50.1 Å². The number of hydrogen-bond donors (Lipinski definition) is 1. The van der Waals surface area contributed by atoms with Crippen molar-refractivity contribution in [2.45, 2.75) is 12.7 Å². The third-order valence-electron chi connectivity index (χ3n) is 4.72. The minimum atomic E-state index is -4.94. The topological polar surface area (TPSA) is 66.0 Å². The molecule has 0 aromatic heterocycles. The molecule has 2 aromatic carbocycles. The highest BCUT2D eigenvalue weighted by Crippen LogP contribution is 2.35. The molecule has 0 saturated carbocycles. The number of Topliss-reactive ketones (excluding diaryl/α,β-unsaturated/α-hetero) is 1. The molecule has 0 unspecified atom stereocenters. The molecule has 3 rings (SSSR count). The predicted octanol–water partition coefficient (Wildman–Crippen LogP) is 5.14. The fourth-order valence-electron chi connectivity index (χ4n) is 3.31. The Hall–Kier alpha value is -3.67. The van der Waals surface area contributed by atoms with Gasteiger partial charge >= 0.3 is 12.7 Å². The summed E-state index contributed by atoms with van der Waals surface area (Å²) in [5, 5.41) is 2.98. The molecule has 1 N–H and O–H groups in total. The number of piperidine rings is 1. The Morgan fingerprint density at radius 2 is 1.11 bits per heavy atom. The van der Waals surface area contributed by atoms with E-state index in [1.54, 1.807) is 0 Å². The molecule has 1 aliphatic rings. The molecule has 0 bridgehead atoms. The van der Waals surface area contributed by atoms with Crippen molar-refractivity contribution in [3.63, 3.8) is 0 Å². The molecule has 35 heavy (non-hydrogen) atoms. The second kappa shape index (κ2) is 10.3. The monoisotopic (exact) mass is 503 g/mol. The summed E-state index contributed by atoms with van der Waals surface area (Å²) in [6, 6.07) is 7.59. The van der Waals surface area contributed by atoms with Gasteiger partial charge in [0.2, 0.25) is 0 Å². The third-order valence-corrected chi connectivity index (χ3v) is 4.72. The van der Waals surface area contributed by atoms with Gasteiger partial charge in [-0.3, -0.25) is 4.79 Å². The number of ether oxygens (including phenoxy) is 4. The molecule has 0 spiro atoms. The van der Waals surface area contributed by atoms with Gasteiger partial charge < -0.3 is 24.3 Å². The molecule has 12 heteroatoms. The van der Waals surface area contributed by atoms with Crippen LogP contribution in [-0.2, 0) is 4.79 Å². The number of ketones is 1. The molecule has 0 radical (unpaired) electrons. The lowest BCUT2D eigenvalue weighted by atomic mass is 9.95. The predicted molar refractivity (Wildman–Crippen MR) is 113 cm³/mol. The maximum absolute atomic E-state index is 13.0. The summed E-state index contributed by atoms with van der Waals surface area (Å²) in [5.41, 5.74) is 0.959. The SMILES string of the molecule is COc1ccc(C=C2CNCC(=Cc3ccc(OC)c(OC(F)(F)F)c3)C2=O)cc1OC(F)(F)F. The van der Waals surface area contributed by atoms with Crippen LogP contribution in [0.4, 0.5) is 26.3 Å². The lowest BCUT2D eigenvalue weighted by Crippen LogP contribution is -2.32. The number of halogens is 6. The van der Waals surface area contributed by atoms with Crippen LogP contribution in [0.15, 0.2) is 47.5 Å². The van der Waals surface area contributed by atoms with Crippen molar-refractivity contribution in [3.05, 3.63) is 58.7 Å². The van der Waals surface area contributed by atoms with E-state index in [0.29, 0.717) is 0 Å². The number of rotatable bonds is 6. The van der Waals surface area contributed by atoms with E-state index >= 15 is 0 Å². The largest absolute Gasteiger partial charge is 0.573 e. The molecule has 1 fully saturated rings. The number of methoxy groups -OCH3 is 2. The van der Waals surface area contributed by atoms with Crippen molar-refractivity contribution in [3.8, 4) is 23.0 Å². The average Bonchev–Trinajstić information content (AvgIpc) is 2.75. The summed E-state index contributed by atoms with van der Waals surface area (Å²) in [5.74, 6) is -1.86. The third kappa shape index (κ3) is 7.15. The maximum atomic E-state index is 13.0. The highest BCUT2D eigenvalue weighted by atomic mass is 19.4. The Balaban J connectivity index is 1.90. The van der Waals surface area contributed by atoms with Gasteiger partial charge in [0.25, 0.3) is 0 Å². The molecule has 1 saturated heterocycles. The summed E-state index contributed by atoms with van der Waals surface area (Å²) in [7, 11) is 2.37. The second-order valence-corrected chi connectivity index (χ2v) is 7.19. The zero-order valence-electron chi connectivity index (χ0n) is 18.3. The van der Waals surface area contributed by atoms with Crippen molar-refractivity contribution in [2.24, 2.45) is 0 Å². The van der Waals surface area contributed by atoms with Crippen LogP contribution < -0.4 is 24.3 Å². The summed E-state index contributed by atoms with van der Waals surface area (Å²) in [6.07, 6.45) is -7.11. The molecule has 1 aliphatic heterocycles. The van der Waals surface area contributed by atoms with Crippen molar-refractivity contribution >= 4 is 17.9 Å². The Morgan fingerprint density at radius 3 is 1.46 bits per heavy atom. The summed E-state index contributed by atoms with van der Waals surface area (Å²) in [6.45, 7) is 0.255. The quantitative estimate of drug-likeness (QED) is 0.435. The van der Waals surface area contributed by atoms with Crippen molar-refractivity contribution in [1.82, 2.24) is 5.32 Å². The van der Waals surface area contributed by atoms with Crippen LogP contribution in [0.25, 0.3) is 12.2 Å². The first-order valence-electron chi connectivity index (χ1n) is 9.92. The number of carbonyl (C=O) groups is 1. The number of nitrogens with one attached hydrogen (secondary N) is 1. The van der Waals surface area contributed by atoms with Gasteiger partial charge in [0.1, 0.15) is 0 Å². The van der Waals surface area contributed by atoms with E-state index in [9.17, 15) is 31.1 Å². The van der Waals surface area contributed by atoms with E-state index in [0.717, 1.165) is 12.1 Å². The van der Waals surface area contributed by atoms with E-state index in [4.69, 9.17) is 9.47 Å². The Labute approximate surface area is 195 Å². The lowest BCUT2D eigenvalue weighted by molar-refractivity contribution is -0.276. The van der Waals surface area contributed by atoms with Crippen LogP contribution >= 0.6 is 0 Å². The van der Waals surface area contributed by atoms with Crippen molar-refractivity contribution in [1.29, 1.82) is 0 Å². The molecule has 0 atom stereocenters. The van der Waals surface area contributed by atoms with E-state index in [1.807, 2.05) is 0 Å². The molecule has 6 nitrogen and oxygen atoms in total. The van der Waals surface area contributed by atoms with Gasteiger partial charge in [-0.25, -0.2) is 0 Å². The molecule has 2 aromatic rings. The number of hydrogen-bond acceptors (Lipinski definition) is 6. The molecule has 1 heterocycles. The lowest BCUT2D eigenvalue weighted by Gasteiger charge is -2.19. The fraction of sp³-hybridized carbons (Fsp3) is 0.261. The number of alkyl halides is 6. The first-order valence-corrected chi connectivity index (χ1v) is 9.92. The zero-order chi connectivity index (χ0) is 25.8. The minimum absolute atomic E-state index is 0.128. The molecular formula is C23H19F6NO5. The van der Waals surface area contributed by atoms with E-state index in [1.165, 1.54) is 50.6 Å². The standard InChI is InChI=1S/C23H19F6NO5/c1-32-17-5-3-13(9-19(17)34-22(24,25)26)7-15-11-30-12-16(21(15)31)8-14-4-6-18(33-2)20(10-14)35-23(27,28)29/h3-10,30H,11-12H2,1-2H3. The van der Waals surface area contributed by atoms with Crippen LogP contribution in [0.3, 0.4) is 0 Å². The van der Waals surface area contributed by atoms with Gasteiger partial charge in [0, 0.05) is 24.2 Å². The van der Waals surface area contributed by atoms with Crippen LogP contribution in [0, 0.1) is 0 Å². The summed E-state index contributed by atoms with van der Waals surface area (Å²) < 4.78 is 93.8. The Morgan fingerprint density at radius 1 is 0.714 bits per heavy atom. The zero-order valence-corrected chi connectivity index (χ0v) is 18.3. The first kappa shape index (κ1) is 25.9. The van der Waals surface area contributed by atoms with E-state index < -0.39 is 30.0 Å². The molecule has 188 valence electrons. The average molecular weight is 503 g/mol. The van der Waals surface area contributed by atoms with Crippen LogP contribution in [-0.4, -0.2) is 45.8 Å². The number of benzene rings is 2.